The van der Waals surface area contributed by atoms with Gasteiger partial charge in [-0.1, -0.05) is 36.4 Å². The molecule has 0 fully saturated rings. The van der Waals surface area contributed by atoms with Crippen LogP contribution in [-0.2, 0) is 11.3 Å². The molecule has 0 unspecified atom stereocenters. The smallest absolute Gasteiger partial charge is 0.226 e. The van der Waals surface area contributed by atoms with Crippen molar-refractivity contribution in [2.24, 2.45) is 21.5 Å². The maximum atomic E-state index is 5.93. The summed E-state index contributed by atoms with van der Waals surface area (Å²) in [7, 11) is 0. The Morgan fingerprint density at radius 1 is 1.12 bits per heavy atom. The Kier molecular flexibility index (Phi) is 4.63. The number of nitrogens with zero attached hydrogens (tertiary/aromatic N) is 3. The molecule has 25 heavy (non-hydrogen) atoms. The summed E-state index contributed by atoms with van der Waals surface area (Å²) in [5.74, 6) is 0.410. The van der Waals surface area contributed by atoms with Crippen molar-refractivity contribution in [1.82, 2.24) is 5.06 Å². The first-order valence-electron chi connectivity index (χ1n) is 8.48. The van der Waals surface area contributed by atoms with Gasteiger partial charge in [-0.3, -0.25) is 4.84 Å². The van der Waals surface area contributed by atoms with Crippen LogP contribution in [-0.4, -0.2) is 29.3 Å². The van der Waals surface area contributed by atoms with Crippen molar-refractivity contribution in [3.63, 3.8) is 0 Å². The zero-order chi connectivity index (χ0) is 18.0. The van der Waals surface area contributed by atoms with E-state index in [4.69, 9.17) is 16.3 Å². The first kappa shape index (κ1) is 17.2. The average Bonchev–Trinajstić information content (AvgIpc) is 2.54. The van der Waals surface area contributed by atoms with E-state index in [9.17, 15) is 0 Å². The lowest BCUT2D eigenvalue weighted by Crippen LogP contribution is -2.53. The van der Waals surface area contributed by atoms with E-state index in [1.807, 2.05) is 13.8 Å². The second-order valence-corrected chi connectivity index (χ2v) is 6.75. The highest BCUT2D eigenvalue weighted by Crippen LogP contribution is 2.24. The summed E-state index contributed by atoms with van der Waals surface area (Å²) in [6.45, 7) is 6.45. The van der Waals surface area contributed by atoms with E-state index < -0.39 is 5.66 Å². The quantitative estimate of drug-likeness (QED) is 0.820. The number of aryl methyl sites for hydroxylation is 2. The summed E-state index contributed by atoms with van der Waals surface area (Å²) >= 11 is 0. The Bertz CT molecular complexity index is 841. The van der Waals surface area contributed by atoms with Crippen molar-refractivity contribution >= 4 is 22.7 Å². The van der Waals surface area contributed by atoms with Crippen LogP contribution in [0.15, 0.2) is 46.4 Å². The lowest BCUT2D eigenvalue weighted by Gasteiger charge is -2.36. The molecule has 0 aromatic heterocycles. The zero-order valence-electron chi connectivity index (χ0n) is 15.0. The van der Waals surface area contributed by atoms with Gasteiger partial charge in [-0.05, 0) is 55.5 Å². The van der Waals surface area contributed by atoms with E-state index in [0.29, 0.717) is 6.61 Å². The fourth-order valence-electron chi connectivity index (χ4n) is 3.20. The molecule has 0 spiro atoms. The normalized spacial score (nSPS) is 16.7. The summed E-state index contributed by atoms with van der Waals surface area (Å²) in [4.78, 5) is 14.1. The fraction of sp³-hybridized carbons (Fsp3) is 0.368. The maximum absolute atomic E-state index is 5.93. The van der Waals surface area contributed by atoms with Gasteiger partial charge in [-0.2, -0.15) is 10.1 Å². The van der Waals surface area contributed by atoms with Crippen molar-refractivity contribution in [2.75, 3.05) is 6.61 Å². The molecule has 0 saturated heterocycles. The summed E-state index contributed by atoms with van der Waals surface area (Å²) in [6, 6.07) is 12.8. The van der Waals surface area contributed by atoms with Gasteiger partial charge in [0.2, 0.25) is 11.9 Å². The fourth-order valence-corrected chi connectivity index (χ4v) is 3.20. The molecule has 132 valence electrons. The Morgan fingerprint density at radius 2 is 1.88 bits per heavy atom. The minimum atomic E-state index is -0.661. The van der Waals surface area contributed by atoms with Gasteiger partial charge < -0.3 is 11.5 Å². The molecular formula is C19H25N5O. The number of fused-ring (bicyclic) bond motifs is 1. The zero-order valence-corrected chi connectivity index (χ0v) is 15.0. The van der Waals surface area contributed by atoms with Gasteiger partial charge >= 0.3 is 0 Å². The van der Waals surface area contributed by atoms with E-state index >= 15 is 0 Å². The molecule has 0 amide bonds. The monoisotopic (exact) mass is 339 g/mol. The van der Waals surface area contributed by atoms with E-state index in [0.717, 1.165) is 12.8 Å². The molecule has 1 aliphatic heterocycles. The minimum absolute atomic E-state index is 0.175. The van der Waals surface area contributed by atoms with E-state index in [1.54, 1.807) is 0 Å². The van der Waals surface area contributed by atoms with Crippen LogP contribution >= 0.6 is 0 Å². The summed E-state index contributed by atoms with van der Waals surface area (Å²) in [5.41, 5.74) is 13.6. The van der Waals surface area contributed by atoms with Crippen LogP contribution in [0.25, 0.3) is 10.8 Å². The SMILES string of the molecule is Cc1ccc2ccccc2c1CCCON1C(N)=NC(N)=NC1(C)C. The Balaban J connectivity index is 1.65. The van der Waals surface area contributed by atoms with Gasteiger partial charge in [-0.15, -0.1) is 0 Å². The molecule has 0 radical (unpaired) electrons. The number of hydroxylamine groups is 2. The molecule has 3 rings (SSSR count). The lowest BCUT2D eigenvalue weighted by molar-refractivity contribution is -0.157. The van der Waals surface area contributed by atoms with Crippen molar-refractivity contribution in [1.29, 1.82) is 0 Å². The van der Waals surface area contributed by atoms with Crippen LogP contribution in [0.2, 0.25) is 0 Å². The van der Waals surface area contributed by atoms with E-state index in [-0.39, 0.29) is 11.9 Å². The summed E-state index contributed by atoms with van der Waals surface area (Å²) < 4.78 is 0. The number of hydrogen-bond acceptors (Lipinski definition) is 6. The van der Waals surface area contributed by atoms with Crippen LogP contribution in [0.5, 0.6) is 0 Å². The summed E-state index contributed by atoms with van der Waals surface area (Å²) in [5, 5.41) is 4.10. The largest absolute Gasteiger partial charge is 0.368 e. The molecule has 1 aliphatic rings. The Morgan fingerprint density at radius 3 is 2.64 bits per heavy atom. The predicted octanol–water partition coefficient (Wildman–Crippen LogP) is 2.69. The molecule has 0 bridgehead atoms. The molecule has 2 aromatic carbocycles. The maximum Gasteiger partial charge on any atom is 0.226 e. The molecule has 4 N–H and O–H groups in total. The highest BCUT2D eigenvalue weighted by atomic mass is 16.7. The number of aliphatic imine (C=N–C) groups is 2. The van der Waals surface area contributed by atoms with Crippen LogP contribution in [0.1, 0.15) is 31.4 Å². The Hall–Kier alpha value is -2.60. The van der Waals surface area contributed by atoms with Crippen molar-refractivity contribution in [2.45, 2.75) is 39.3 Å². The molecule has 0 saturated carbocycles. The third-order valence-corrected chi connectivity index (χ3v) is 4.39. The third kappa shape index (κ3) is 3.58. The molecule has 6 heteroatoms. The molecule has 0 aliphatic carbocycles. The highest BCUT2D eigenvalue weighted by Gasteiger charge is 2.32. The molecule has 2 aromatic rings. The van der Waals surface area contributed by atoms with Gasteiger partial charge in [0.25, 0.3) is 0 Å². The second kappa shape index (κ2) is 6.72. The molecule has 6 nitrogen and oxygen atoms in total. The first-order valence-corrected chi connectivity index (χ1v) is 8.48. The topological polar surface area (TPSA) is 89.2 Å². The predicted molar refractivity (Wildman–Crippen MR) is 102 cm³/mol. The van der Waals surface area contributed by atoms with Gasteiger partial charge in [0.15, 0.2) is 5.66 Å². The van der Waals surface area contributed by atoms with Gasteiger partial charge in [0, 0.05) is 0 Å². The van der Waals surface area contributed by atoms with Crippen LogP contribution in [0, 0.1) is 6.92 Å². The number of guanidine groups is 2. The third-order valence-electron chi connectivity index (χ3n) is 4.39. The standard InChI is InChI=1S/C19H25N5O/c1-13-10-11-14-7-4-5-8-16(14)15(13)9-6-12-25-24-18(21)22-17(20)23-19(24,2)3/h4-5,7-8,10-11H,6,9,12H2,1-3H3,(H4,20,21,22,23). The molecule has 0 atom stereocenters. The minimum Gasteiger partial charge on any atom is -0.368 e. The lowest BCUT2D eigenvalue weighted by atomic mass is 9.96. The van der Waals surface area contributed by atoms with Crippen molar-refractivity contribution in [3.05, 3.63) is 47.5 Å². The number of hydrogen-bond donors (Lipinski definition) is 2. The van der Waals surface area contributed by atoms with E-state index in [2.05, 4.69) is 53.3 Å². The Labute approximate surface area is 148 Å². The second-order valence-electron chi connectivity index (χ2n) is 6.75. The summed E-state index contributed by atoms with van der Waals surface area (Å²) in [6.07, 6.45) is 1.80. The van der Waals surface area contributed by atoms with Gasteiger partial charge in [0.05, 0.1) is 6.61 Å². The molecule has 1 heterocycles. The van der Waals surface area contributed by atoms with Crippen molar-refractivity contribution in [3.8, 4) is 0 Å². The number of nitrogens with two attached hydrogens (primary N) is 2. The first-order chi connectivity index (χ1) is 11.9. The average molecular weight is 339 g/mol. The van der Waals surface area contributed by atoms with Gasteiger partial charge in [0.1, 0.15) is 0 Å². The molecular weight excluding hydrogens is 314 g/mol. The highest BCUT2D eigenvalue weighted by molar-refractivity contribution is 5.95. The van der Waals surface area contributed by atoms with E-state index in [1.165, 1.54) is 27.0 Å². The van der Waals surface area contributed by atoms with Crippen LogP contribution in [0.4, 0.5) is 0 Å². The van der Waals surface area contributed by atoms with Crippen LogP contribution in [0.3, 0.4) is 0 Å². The number of rotatable bonds is 5. The van der Waals surface area contributed by atoms with Gasteiger partial charge in [-0.25, -0.2) is 4.99 Å². The number of benzene rings is 2. The van der Waals surface area contributed by atoms with Crippen LogP contribution < -0.4 is 11.5 Å². The van der Waals surface area contributed by atoms with Crippen molar-refractivity contribution < 1.29 is 4.84 Å².